The number of carbonyl (C=O) groups excluding carboxylic acids is 2. The van der Waals surface area contributed by atoms with Gasteiger partial charge in [-0.25, -0.2) is 14.6 Å². The van der Waals surface area contributed by atoms with Crippen LogP contribution in [-0.4, -0.2) is 55.1 Å². The third-order valence-electron chi connectivity index (χ3n) is 4.67. The van der Waals surface area contributed by atoms with Crippen LogP contribution in [0.15, 0.2) is 16.1 Å². The van der Waals surface area contributed by atoms with Crippen LogP contribution in [0.25, 0.3) is 0 Å². The fraction of sp³-hybridized carbons (Fsp3) is 0.783. The van der Waals surface area contributed by atoms with Gasteiger partial charge >= 0.3 is 19.5 Å². The Bertz CT molecular complexity index is 830. The molecule has 190 valence electrons. The van der Waals surface area contributed by atoms with E-state index in [-0.39, 0.29) is 48.9 Å². The SMILES string of the molecule is CCOC(=O)C1=C(C(=O)OCC)C(C)(P(=O)(OCC)OCC)OC1=NC(C)(C)CC(C)(C)C. The average Bonchev–Trinajstić information content (AvgIpc) is 2.93. The molecule has 0 N–H and O–H groups in total. The molecule has 1 rings (SSSR count). The number of hydrogen-bond acceptors (Lipinski definition) is 9. The molecule has 1 aliphatic rings. The van der Waals surface area contributed by atoms with E-state index < -0.39 is 30.4 Å². The smallest absolute Gasteiger partial charge is 0.378 e. The van der Waals surface area contributed by atoms with Gasteiger partial charge in [0.1, 0.15) is 11.1 Å². The fourth-order valence-corrected chi connectivity index (χ4v) is 5.95. The number of aliphatic imine (C=N–C) groups is 1. The van der Waals surface area contributed by atoms with Gasteiger partial charge < -0.3 is 23.3 Å². The summed E-state index contributed by atoms with van der Waals surface area (Å²) in [6.45, 7) is 18.1. The maximum Gasteiger partial charge on any atom is 0.378 e. The molecule has 0 bridgehead atoms. The first-order chi connectivity index (χ1) is 15.1. The molecule has 1 heterocycles. The Morgan fingerprint density at radius 3 is 1.82 bits per heavy atom. The first-order valence-electron chi connectivity index (χ1n) is 11.4. The quantitative estimate of drug-likeness (QED) is 0.293. The van der Waals surface area contributed by atoms with Crippen LogP contribution in [0.3, 0.4) is 0 Å². The summed E-state index contributed by atoms with van der Waals surface area (Å²) in [6.07, 6.45) is 0.642. The third kappa shape index (κ3) is 6.90. The van der Waals surface area contributed by atoms with Gasteiger partial charge in [-0.1, -0.05) is 20.8 Å². The topological polar surface area (TPSA) is 110 Å². The molecule has 1 unspecified atom stereocenters. The molecule has 0 aromatic heterocycles. The van der Waals surface area contributed by atoms with E-state index in [0.29, 0.717) is 6.42 Å². The van der Waals surface area contributed by atoms with Crippen LogP contribution in [0.5, 0.6) is 0 Å². The summed E-state index contributed by atoms with van der Waals surface area (Å²) in [5.74, 6) is -1.84. The summed E-state index contributed by atoms with van der Waals surface area (Å²) in [4.78, 5) is 30.9. The Kier molecular flexibility index (Phi) is 9.91. The van der Waals surface area contributed by atoms with Crippen molar-refractivity contribution >= 4 is 25.4 Å². The van der Waals surface area contributed by atoms with Crippen molar-refractivity contribution in [2.24, 2.45) is 10.4 Å². The lowest BCUT2D eigenvalue weighted by atomic mass is 9.82. The first kappa shape index (κ1) is 29.3. The Balaban J connectivity index is 3.93. The van der Waals surface area contributed by atoms with Gasteiger partial charge in [0.15, 0.2) is 0 Å². The van der Waals surface area contributed by atoms with Crippen LogP contribution >= 0.6 is 7.60 Å². The van der Waals surface area contributed by atoms with Crippen LogP contribution in [0.2, 0.25) is 0 Å². The largest absolute Gasteiger partial charge is 0.462 e. The van der Waals surface area contributed by atoms with Gasteiger partial charge in [0, 0.05) is 0 Å². The lowest BCUT2D eigenvalue weighted by Crippen LogP contribution is -2.35. The lowest BCUT2D eigenvalue weighted by Gasteiger charge is -2.33. The Morgan fingerprint density at radius 1 is 0.909 bits per heavy atom. The predicted molar refractivity (Wildman–Crippen MR) is 126 cm³/mol. The first-order valence-corrected chi connectivity index (χ1v) is 12.9. The standard InChI is InChI=1S/C23H40NO8P/c1-11-28-19(25)16-17(20(26)29-12-2)23(10,33(27,30-13-3)31-14-4)32-18(16)24-22(8,9)15-21(5,6)7/h11-15H2,1-10H3. The highest BCUT2D eigenvalue weighted by Gasteiger charge is 2.62. The van der Waals surface area contributed by atoms with Crippen LogP contribution in [-0.2, 0) is 37.4 Å². The maximum atomic E-state index is 13.9. The van der Waals surface area contributed by atoms with Crippen molar-refractivity contribution in [3.63, 3.8) is 0 Å². The molecule has 0 aromatic carbocycles. The molecule has 1 aliphatic heterocycles. The van der Waals surface area contributed by atoms with E-state index in [0.717, 1.165) is 0 Å². The van der Waals surface area contributed by atoms with Crippen LogP contribution in [0.4, 0.5) is 0 Å². The molecule has 0 saturated carbocycles. The molecule has 10 heteroatoms. The molecule has 0 amide bonds. The zero-order valence-electron chi connectivity index (χ0n) is 21.7. The van der Waals surface area contributed by atoms with E-state index >= 15 is 0 Å². The highest BCUT2D eigenvalue weighted by atomic mass is 31.2. The van der Waals surface area contributed by atoms with Crippen LogP contribution in [0, 0.1) is 5.41 Å². The van der Waals surface area contributed by atoms with Crippen LogP contribution < -0.4 is 0 Å². The van der Waals surface area contributed by atoms with Gasteiger partial charge in [-0.05, 0) is 60.3 Å². The summed E-state index contributed by atoms with van der Waals surface area (Å²) in [5.41, 5.74) is -1.27. The van der Waals surface area contributed by atoms with Crippen molar-refractivity contribution < 1.29 is 37.4 Å². The molecule has 0 fully saturated rings. The summed E-state index contributed by atoms with van der Waals surface area (Å²) >= 11 is 0. The zero-order valence-corrected chi connectivity index (χ0v) is 22.6. The summed E-state index contributed by atoms with van der Waals surface area (Å²) in [5, 5.41) is -1.95. The normalized spacial score (nSPS) is 20.7. The minimum absolute atomic E-state index is 0.0308. The summed E-state index contributed by atoms with van der Waals surface area (Å²) in [6, 6.07) is 0. The van der Waals surface area contributed by atoms with E-state index in [1.165, 1.54) is 6.92 Å². The van der Waals surface area contributed by atoms with Gasteiger partial charge in [-0.2, -0.15) is 0 Å². The van der Waals surface area contributed by atoms with Crippen molar-refractivity contribution in [3.05, 3.63) is 11.1 Å². The Hall–Kier alpha value is -1.70. The molecule has 0 spiro atoms. The Morgan fingerprint density at radius 2 is 1.39 bits per heavy atom. The zero-order chi connectivity index (χ0) is 25.7. The Labute approximate surface area is 197 Å². The van der Waals surface area contributed by atoms with Gasteiger partial charge in [0.2, 0.25) is 11.2 Å². The minimum atomic E-state index is -4.12. The molecule has 0 radical (unpaired) electrons. The minimum Gasteiger partial charge on any atom is -0.462 e. The number of nitrogens with zero attached hydrogens (tertiary/aromatic N) is 1. The molecule has 0 aromatic rings. The molecule has 0 saturated heterocycles. The summed E-state index contributed by atoms with van der Waals surface area (Å²) < 4.78 is 41.5. The number of esters is 2. The second-order valence-corrected chi connectivity index (χ2v) is 11.9. The van der Waals surface area contributed by atoms with Gasteiger partial charge in [0.05, 0.1) is 32.0 Å². The van der Waals surface area contributed by atoms with Gasteiger partial charge in [0.25, 0.3) is 0 Å². The molecule has 1 atom stereocenters. The monoisotopic (exact) mass is 489 g/mol. The highest BCUT2D eigenvalue weighted by molar-refractivity contribution is 7.55. The number of rotatable bonds is 11. The molecule has 9 nitrogen and oxygen atoms in total. The van der Waals surface area contributed by atoms with E-state index in [9.17, 15) is 14.2 Å². The van der Waals surface area contributed by atoms with Crippen LogP contribution in [0.1, 0.15) is 75.7 Å². The van der Waals surface area contributed by atoms with Crippen molar-refractivity contribution in [1.29, 1.82) is 0 Å². The van der Waals surface area contributed by atoms with Crippen molar-refractivity contribution in [2.75, 3.05) is 26.4 Å². The van der Waals surface area contributed by atoms with Crippen molar-refractivity contribution in [3.8, 4) is 0 Å². The second kappa shape index (κ2) is 11.2. The van der Waals surface area contributed by atoms with E-state index in [2.05, 4.69) is 20.8 Å². The summed E-state index contributed by atoms with van der Waals surface area (Å²) in [7, 11) is -4.12. The number of carbonyl (C=O) groups is 2. The second-order valence-electron chi connectivity index (χ2n) is 9.58. The number of ether oxygens (including phenoxy) is 3. The van der Waals surface area contributed by atoms with E-state index in [1.807, 2.05) is 13.8 Å². The van der Waals surface area contributed by atoms with Gasteiger partial charge in [-0.15, -0.1) is 0 Å². The fourth-order valence-electron chi connectivity index (χ4n) is 4.02. The molecular formula is C23H40NO8P. The molecule has 33 heavy (non-hydrogen) atoms. The van der Waals surface area contributed by atoms with Crippen molar-refractivity contribution in [1.82, 2.24) is 0 Å². The highest BCUT2D eigenvalue weighted by Crippen LogP contribution is 2.66. The van der Waals surface area contributed by atoms with Crippen molar-refractivity contribution in [2.45, 2.75) is 86.5 Å². The number of hydrogen-bond donors (Lipinski definition) is 0. The van der Waals surface area contributed by atoms with Gasteiger partial charge in [-0.3, -0.25) is 4.57 Å². The predicted octanol–water partition coefficient (Wildman–Crippen LogP) is 5.04. The third-order valence-corrected chi connectivity index (χ3v) is 7.23. The average molecular weight is 490 g/mol. The molecule has 0 aliphatic carbocycles. The molecular weight excluding hydrogens is 449 g/mol. The maximum absolute atomic E-state index is 13.9. The lowest BCUT2D eigenvalue weighted by molar-refractivity contribution is -0.141. The van der Waals surface area contributed by atoms with E-state index in [1.54, 1.807) is 27.7 Å². The van der Waals surface area contributed by atoms with E-state index in [4.69, 9.17) is 28.3 Å².